The molecular weight excluding hydrogens is 352 g/mol. The highest BCUT2D eigenvalue weighted by Gasteiger charge is 2.17. The largest absolute Gasteiger partial charge is 0.296 e. The summed E-state index contributed by atoms with van der Waals surface area (Å²) in [6.45, 7) is 6.85. The quantitative estimate of drug-likeness (QED) is 0.565. The Labute approximate surface area is 162 Å². The molecule has 0 spiro atoms. The molecule has 1 aliphatic heterocycles. The first-order valence-corrected chi connectivity index (χ1v) is 9.39. The van der Waals surface area contributed by atoms with Crippen molar-refractivity contribution in [3.05, 3.63) is 74.3 Å². The van der Waals surface area contributed by atoms with E-state index in [4.69, 9.17) is 0 Å². The van der Waals surface area contributed by atoms with Crippen molar-refractivity contribution in [1.29, 1.82) is 0 Å². The van der Waals surface area contributed by atoms with Gasteiger partial charge in [-0.2, -0.15) is 5.10 Å². The molecule has 6 nitrogen and oxygen atoms in total. The molecule has 2 aromatic carbocycles. The Balaban J connectivity index is 1.57. The van der Waals surface area contributed by atoms with Gasteiger partial charge in [-0.05, 0) is 73.7 Å². The van der Waals surface area contributed by atoms with Crippen molar-refractivity contribution in [2.24, 2.45) is 5.10 Å². The van der Waals surface area contributed by atoms with E-state index in [1.807, 2.05) is 19.9 Å². The van der Waals surface area contributed by atoms with Crippen LogP contribution in [0.1, 0.15) is 44.9 Å². The first-order chi connectivity index (χ1) is 13.4. The van der Waals surface area contributed by atoms with E-state index in [-0.39, 0.29) is 11.5 Å². The predicted molar refractivity (Wildman–Crippen MR) is 110 cm³/mol. The maximum atomic E-state index is 12.5. The molecule has 0 aliphatic carbocycles. The van der Waals surface area contributed by atoms with Gasteiger partial charge in [-0.1, -0.05) is 6.07 Å². The number of hydrogen-bond acceptors (Lipinski definition) is 4. The summed E-state index contributed by atoms with van der Waals surface area (Å²) < 4.78 is 1.72. The van der Waals surface area contributed by atoms with Gasteiger partial charge in [-0.15, -0.1) is 0 Å². The van der Waals surface area contributed by atoms with Gasteiger partial charge >= 0.3 is 0 Å². The third-order valence-corrected chi connectivity index (χ3v) is 5.33. The highest BCUT2D eigenvalue weighted by molar-refractivity contribution is 5.98. The third kappa shape index (κ3) is 3.22. The standard InChI is InChI=1S/C22H22N4O2/c1-13-9-15(3)17(10-14(13)2)12-23-25-21(27)16-6-7-18-19(11-16)24-20-5-4-8-26(20)22(18)28/h6-7,9-12H,4-5,8H2,1-3H3,(H,25,27)/b23-12-. The van der Waals surface area contributed by atoms with Gasteiger partial charge in [-0.25, -0.2) is 10.4 Å². The predicted octanol–water partition coefficient (Wildman–Crippen LogP) is 3.03. The van der Waals surface area contributed by atoms with Crippen molar-refractivity contribution in [3.8, 4) is 0 Å². The van der Waals surface area contributed by atoms with Gasteiger partial charge in [0.15, 0.2) is 0 Å². The molecule has 0 saturated carbocycles. The fourth-order valence-electron chi connectivity index (χ4n) is 3.57. The van der Waals surface area contributed by atoms with Crippen LogP contribution in [0.2, 0.25) is 0 Å². The van der Waals surface area contributed by atoms with Crippen LogP contribution in [0, 0.1) is 20.8 Å². The molecule has 1 N–H and O–H groups in total. The number of aromatic nitrogens is 2. The number of fused-ring (bicyclic) bond motifs is 2. The summed E-state index contributed by atoms with van der Waals surface area (Å²) in [7, 11) is 0. The molecular formula is C22H22N4O2. The van der Waals surface area contributed by atoms with E-state index in [2.05, 4.69) is 28.5 Å². The topological polar surface area (TPSA) is 76.3 Å². The Kier molecular flexibility index (Phi) is 4.55. The zero-order chi connectivity index (χ0) is 19.8. The first kappa shape index (κ1) is 18.1. The van der Waals surface area contributed by atoms with Crippen LogP contribution in [0.5, 0.6) is 0 Å². The summed E-state index contributed by atoms with van der Waals surface area (Å²) in [6.07, 6.45) is 3.37. The highest BCUT2D eigenvalue weighted by atomic mass is 16.2. The van der Waals surface area contributed by atoms with Gasteiger partial charge in [0.1, 0.15) is 5.82 Å². The van der Waals surface area contributed by atoms with E-state index >= 15 is 0 Å². The number of hydrogen-bond donors (Lipinski definition) is 1. The zero-order valence-electron chi connectivity index (χ0n) is 16.2. The summed E-state index contributed by atoms with van der Waals surface area (Å²) in [5.74, 6) is 0.459. The Morgan fingerprint density at radius 1 is 1.14 bits per heavy atom. The second-order valence-corrected chi connectivity index (χ2v) is 7.31. The van der Waals surface area contributed by atoms with Gasteiger partial charge < -0.3 is 0 Å². The molecule has 0 unspecified atom stereocenters. The van der Waals surface area contributed by atoms with Gasteiger partial charge in [0.25, 0.3) is 11.5 Å². The smallest absolute Gasteiger partial charge is 0.271 e. The minimum Gasteiger partial charge on any atom is -0.296 e. The van der Waals surface area contributed by atoms with Crippen LogP contribution in [0.4, 0.5) is 0 Å². The normalized spacial score (nSPS) is 13.2. The summed E-state index contributed by atoms with van der Waals surface area (Å²) in [5, 5.41) is 4.63. The second kappa shape index (κ2) is 7.03. The molecule has 28 heavy (non-hydrogen) atoms. The van der Waals surface area contributed by atoms with Crippen LogP contribution in [-0.2, 0) is 13.0 Å². The lowest BCUT2D eigenvalue weighted by Gasteiger charge is -2.07. The Hall–Kier alpha value is -3.28. The fourth-order valence-corrected chi connectivity index (χ4v) is 3.57. The molecule has 2 heterocycles. The minimum absolute atomic E-state index is 0.0345. The van der Waals surface area contributed by atoms with Crippen molar-refractivity contribution in [2.75, 3.05) is 0 Å². The molecule has 1 aromatic heterocycles. The van der Waals surface area contributed by atoms with E-state index in [0.29, 0.717) is 23.0 Å². The molecule has 4 rings (SSSR count). The Morgan fingerprint density at radius 2 is 1.93 bits per heavy atom. The lowest BCUT2D eigenvalue weighted by molar-refractivity contribution is 0.0955. The van der Waals surface area contributed by atoms with Gasteiger partial charge in [-0.3, -0.25) is 14.2 Å². The number of carbonyl (C=O) groups excluding carboxylic acids is 1. The third-order valence-electron chi connectivity index (χ3n) is 5.33. The second-order valence-electron chi connectivity index (χ2n) is 7.31. The summed E-state index contributed by atoms with van der Waals surface area (Å²) in [5.41, 5.74) is 7.98. The average Bonchev–Trinajstić information content (AvgIpc) is 3.14. The van der Waals surface area contributed by atoms with E-state index in [9.17, 15) is 9.59 Å². The number of amides is 1. The first-order valence-electron chi connectivity index (χ1n) is 9.39. The van der Waals surface area contributed by atoms with E-state index in [1.54, 1.807) is 29.0 Å². The monoisotopic (exact) mass is 374 g/mol. The zero-order valence-corrected chi connectivity index (χ0v) is 16.2. The van der Waals surface area contributed by atoms with Crippen LogP contribution in [0.25, 0.3) is 10.9 Å². The maximum absolute atomic E-state index is 12.5. The number of benzene rings is 2. The number of nitrogens with one attached hydrogen (secondary N) is 1. The van der Waals surface area contributed by atoms with Crippen LogP contribution in [0.15, 0.2) is 40.2 Å². The van der Waals surface area contributed by atoms with Crippen molar-refractivity contribution < 1.29 is 4.79 Å². The number of aryl methyl sites for hydroxylation is 4. The van der Waals surface area contributed by atoms with E-state index in [1.165, 1.54) is 11.1 Å². The molecule has 1 amide bonds. The lowest BCUT2D eigenvalue weighted by Crippen LogP contribution is -2.22. The van der Waals surface area contributed by atoms with Gasteiger partial charge in [0.2, 0.25) is 0 Å². The number of hydrazone groups is 1. The Bertz CT molecular complexity index is 1190. The molecule has 3 aromatic rings. The van der Waals surface area contributed by atoms with Crippen LogP contribution in [-0.4, -0.2) is 21.7 Å². The van der Waals surface area contributed by atoms with Crippen LogP contribution >= 0.6 is 0 Å². The van der Waals surface area contributed by atoms with Crippen molar-refractivity contribution in [1.82, 2.24) is 15.0 Å². The SMILES string of the molecule is Cc1cc(C)c(/C=N\NC(=O)c2ccc3c(=O)n4c(nc3c2)CCC4)cc1C. The van der Waals surface area contributed by atoms with Crippen LogP contribution in [0.3, 0.4) is 0 Å². The molecule has 0 bridgehead atoms. The van der Waals surface area contributed by atoms with Crippen LogP contribution < -0.4 is 11.0 Å². The van der Waals surface area contributed by atoms with Gasteiger partial charge in [0.05, 0.1) is 17.1 Å². The summed E-state index contributed by atoms with van der Waals surface area (Å²) >= 11 is 0. The molecule has 0 radical (unpaired) electrons. The summed E-state index contributed by atoms with van der Waals surface area (Å²) in [4.78, 5) is 29.5. The van der Waals surface area contributed by atoms with Gasteiger partial charge in [0, 0.05) is 18.5 Å². The summed E-state index contributed by atoms with van der Waals surface area (Å²) in [6, 6.07) is 9.11. The van der Waals surface area contributed by atoms with Crippen molar-refractivity contribution in [3.63, 3.8) is 0 Å². The Morgan fingerprint density at radius 3 is 2.75 bits per heavy atom. The molecule has 0 saturated heterocycles. The molecule has 0 atom stereocenters. The molecule has 0 fully saturated rings. The molecule has 142 valence electrons. The minimum atomic E-state index is -0.331. The lowest BCUT2D eigenvalue weighted by atomic mass is 10.0. The van der Waals surface area contributed by atoms with E-state index < -0.39 is 0 Å². The van der Waals surface area contributed by atoms with Crippen molar-refractivity contribution in [2.45, 2.75) is 40.2 Å². The molecule has 6 heteroatoms. The highest BCUT2D eigenvalue weighted by Crippen LogP contribution is 2.16. The molecule has 1 aliphatic rings. The average molecular weight is 374 g/mol. The van der Waals surface area contributed by atoms with E-state index in [0.717, 1.165) is 29.8 Å². The number of nitrogens with zero attached hydrogens (tertiary/aromatic N) is 3. The maximum Gasteiger partial charge on any atom is 0.271 e. The number of rotatable bonds is 3. The number of carbonyl (C=O) groups is 1. The fraction of sp³-hybridized carbons (Fsp3) is 0.273. The van der Waals surface area contributed by atoms with Crippen molar-refractivity contribution >= 4 is 23.0 Å².